The van der Waals surface area contributed by atoms with Gasteiger partial charge < -0.3 is 35.6 Å². The molecule has 3 rings (SSSR count). The number of fused-ring (bicyclic) bond motifs is 1. The van der Waals surface area contributed by atoms with E-state index in [-0.39, 0.29) is 5.82 Å². The first-order chi connectivity index (χ1) is 10.9. The normalized spacial score (nSPS) is 31.4. The number of aromatic nitrogens is 3. The average Bonchev–Trinajstić information content (AvgIpc) is 2.97. The maximum Gasteiger partial charge on any atom is 0.167 e. The summed E-state index contributed by atoms with van der Waals surface area (Å²) in [4.78, 5) is 8.01. The molecule has 0 bridgehead atoms. The maximum absolute atomic E-state index is 10.6. The van der Waals surface area contributed by atoms with Crippen LogP contribution in [0.2, 0.25) is 0 Å². The fourth-order valence-electron chi connectivity index (χ4n) is 2.87. The number of anilines is 1. The molecule has 0 aliphatic carbocycles. The van der Waals surface area contributed by atoms with Crippen LogP contribution in [0.25, 0.3) is 11.0 Å². The summed E-state index contributed by atoms with van der Waals surface area (Å²) >= 11 is 0. The number of nitrogens with two attached hydrogens (primary N) is 1. The lowest BCUT2D eigenvalue weighted by Crippen LogP contribution is -2.44. The molecular formula is C13H17N5O5. The van der Waals surface area contributed by atoms with Crippen LogP contribution in [0.3, 0.4) is 0 Å². The maximum atomic E-state index is 10.6. The molecule has 10 nitrogen and oxygen atoms in total. The van der Waals surface area contributed by atoms with E-state index in [1.54, 1.807) is 0 Å². The molecule has 1 saturated heterocycles. The summed E-state index contributed by atoms with van der Waals surface area (Å²) in [7, 11) is 0. The SMILES string of the molecule is C[C@@]1(O)[C@H](O)[C@@H](CO)O[C@H]1n1cc(/C=N/O)c2c(N)ncnc21. The van der Waals surface area contributed by atoms with Gasteiger partial charge in [0.05, 0.1) is 18.2 Å². The Hall–Kier alpha value is -2.27. The summed E-state index contributed by atoms with van der Waals surface area (Å²) in [6.45, 7) is 0.948. The van der Waals surface area contributed by atoms with Crippen molar-refractivity contribution in [2.45, 2.75) is 31.0 Å². The van der Waals surface area contributed by atoms with Gasteiger partial charge in [0.1, 0.15) is 35.6 Å². The van der Waals surface area contributed by atoms with E-state index in [1.165, 1.54) is 24.0 Å². The number of hydrogen-bond donors (Lipinski definition) is 5. The Bertz CT molecular complexity index is 759. The third kappa shape index (κ3) is 2.23. The van der Waals surface area contributed by atoms with E-state index in [2.05, 4.69) is 15.1 Å². The number of oxime groups is 1. The molecule has 1 aliphatic rings. The van der Waals surface area contributed by atoms with Crippen LogP contribution < -0.4 is 5.73 Å². The predicted molar refractivity (Wildman–Crippen MR) is 78.9 cm³/mol. The summed E-state index contributed by atoms with van der Waals surface area (Å²) in [5.74, 6) is 0.167. The van der Waals surface area contributed by atoms with E-state index in [9.17, 15) is 15.3 Å². The van der Waals surface area contributed by atoms with Gasteiger partial charge in [0.2, 0.25) is 0 Å². The fourth-order valence-corrected chi connectivity index (χ4v) is 2.87. The van der Waals surface area contributed by atoms with Gasteiger partial charge in [-0.25, -0.2) is 9.97 Å². The molecule has 2 aromatic rings. The van der Waals surface area contributed by atoms with E-state index in [4.69, 9.17) is 15.7 Å². The third-order valence-corrected chi connectivity index (χ3v) is 4.05. The Morgan fingerprint density at radius 1 is 1.52 bits per heavy atom. The largest absolute Gasteiger partial charge is 0.411 e. The number of nitrogen functional groups attached to an aromatic ring is 1. The zero-order valence-electron chi connectivity index (χ0n) is 12.2. The van der Waals surface area contributed by atoms with Crippen molar-refractivity contribution in [3.8, 4) is 0 Å². The monoisotopic (exact) mass is 323 g/mol. The summed E-state index contributed by atoms with van der Waals surface area (Å²) in [6, 6.07) is 0. The van der Waals surface area contributed by atoms with E-state index in [1.807, 2.05) is 0 Å². The second-order valence-corrected chi connectivity index (χ2v) is 5.57. The molecule has 0 unspecified atom stereocenters. The quantitative estimate of drug-likeness (QED) is 0.268. The van der Waals surface area contributed by atoms with Gasteiger partial charge in [-0.3, -0.25) is 0 Å². The van der Waals surface area contributed by atoms with Crippen LogP contribution in [-0.2, 0) is 4.74 Å². The molecule has 0 aromatic carbocycles. The van der Waals surface area contributed by atoms with Crippen LogP contribution in [-0.4, -0.2) is 65.7 Å². The number of ether oxygens (including phenoxy) is 1. The number of hydrogen-bond acceptors (Lipinski definition) is 9. The molecule has 1 fully saturated rings. The van der Waals surface area contributed by atoms with E-state index >= 15 is 0 Å². The Balaban J connectivity index is 2.19. The summed E-state index contributed by atoms with van der Waals surface area (Å²) in [5, 5.41) is 42.2. The zero-order chi connectivity index (χ0) is 16.8. The number of rotatable bonds is 3. The lowest BCUT2D eigenvalue weighted by molar-refractivity contribution is -0.0948. The van der Waals surface area contributed by atoms with Crippen molar-refractivity contribution in [3.05, 3.63) is 18.1 Å². The second-order valence-electron chi connectivity index (χ2n) is 5.57. The minimum absolute atomic E-state index is 0.167. The Morgan fingerprint density at radius 3 is 2.87 bits per heavy atom. The molecule has 0 radical (unpaired) electrons. The molecule has 124 valence electrons. The van der Waals surface area contributed by atoms with Gasteiger partial charge >= 0.3 is 0 Å². The molecule has 10 heteroatoms. The van der Waals surface area contributed by atoms with Gasteiger partial charge in [-0.2, -0.15) is 0 Å². The van der Waals surface area contributed by atoms with Crippen LogP contribution in [0, 0.1) is 0 Å². The van der Waals surface area contributed by atoms with Crippen molar-refractivity contribution in [1.29, 1.82) is 0 Å². The fraction of sp³-hybridized carbons (Fsp3) is 0.462. The first kappa shape index (κ1) is 15.6. The highest BCUT2D eigenvalue weighted by Gasteiger charge is 2.53. The minimum Gasteiger partial charge on any atom is -0.411 e. The van der Waals surface area contributed by atoms with Gasteiger partial charge in [-0.1, -0.05) is 5.16 Å². The van der Waals surface area contributed by atoms with E-state index < -0.39 is 30.6 Å². The molecular weight excluding hydrogens is 306 g/mol. The minimum atomic E-state index is -1.67. The van der Waals surface area contributed by atoms with Gasteiger partial charge in [0, 0.05) is 11.8 Å². The zero-order valence-corrected chi connectivity index (χ0v) is 12.2. The molecule has 0 saturated carbocycles. The van der Waals surface area contributed by atoms with Gasteiger partial charge in [-0.15, -0.1) is 0 Å². The second kappa shape index (κ2) is 5.42. The highest BCUT2D eigenvalue weighted by Crippen LogP contribution is 2.40. The molecule has 0 amide bonds. The van der Waals surface area contributed by atoms with Crippen molar-refractivity contribution < 1.29 is 25.3 Å². The number of aliphatic hydroxyl groups is 3. The predicted octanol–water partition coefficient (Wildman–Crippen LogP) is -1.18. The van der Waals surface area contributed by atoms with Crippen molar-refractivity contribution in [3.63, 3.8) is 0 Å². The lowest BCUT2D eigenvalue weighted by Gasteiger charge is -2.27. The van der Waals surface area contributed by atoms with E-state index in [0.29, 0.717) is 16.6 Å². The smallest absolute Gasteiger partial charge is 0.167 e. The van der Waals surface area contributed by atoms with Crippen LogP contribution in [0.1, 0.15) is 18.7 Å². The van der Waals surface area contributed by atoms with Crippen molar-refractivity contribution >= 4 is 23.1 Å². The van der Waals surface area contributed by atoms with Crippen LogP contribution >= 0.6 is 0 Å². The molecule has 0 spiro atoms. The van der Waals surface area contributed by atoms with Crippen LogP contribution in [0.5, 0.6) is 0 Å². The van der Waals surface area contributed by atoms with Crippen molar-refractivity contribution in [2.24, 2.45) is 5.16 Å². The first-order valence-electron chi connectivity index (χ1n) is 6.87. The van der Waals surface area contributed by atoms with Crippen LogP contribution in [0.15, 0.2) is 17.7 Å². The molecule has 23 heavy (non-hydrogen) atoms. The topological polar surface area (TPSA) is 159 Å². The van der Waals surface area contributed by atoms with Gasteiger partial charge in [-0.05, 0) is 6.92 Å². The van der Waals surface area contributed by atoms with Gasteiger partial charge in [0.25, 0.3) is 0 Å². The van der Waals surface area contributed by atoms with E-state index in [0.717, 1.165) is 6.21 Å². The number of aliphatic hydroxyl groups excluding tert-OH is 2. The van der Waals surface area contributed by atoms with Crippen molar-refractivity contribution in [1.82, 2.24) is 14.5 Å². The lowest BCUT2D eigenvalue weighted by atomic mass is 9.96. The molecule has 6 N–H and O–H groups in total. The Morgan fingerprint density at radius 2 is 2.26 bits per heavy atom. The average molecular weight is 323 g/mol. The molecule has 4 atom stereocenters. The summed E-state index contributed by atoms with van der Waals surface area (Å²) < 4.78 is 7.03. The van der Waals surface area contributed by atoms with Gasteiger partial charge in [0.15, 0.2) is 6.23 Å². The summed E-state index contributed by atoms with van der Waals surface area (Å²) in [5.41, 5.74) is 4.93. The summed E-state index contributed by atoms with van der Waals surface area (Å²) in [6.07, 6.45) is 0.666. The first-order valence-corrected chi connectivity index (χ1v) is 6.87. The molecule has 2 aromatic heterocycles. The Labute approximate surface area is 130 Å². The van der Waals surface area contributed by atoms with Crippen molar-refractivity contribution in [2.75, 3.05) is 12.3 Å². The number of nitrogens with zero attached hydrogens (tertiary/aromatic N) is 4. The standard InChI is InChI=1S/C13H17N5O5/c1-13(21)9(20)7(4-19)23-12(13)18-3-6(2-17-22)8-10(14)15-5-16-11(8)18/h2-3,5,7,9,12,19-22H,4H2,1H3,(H2,14,15,16)/b17-2+/t7-,9-,12-,13-/m1/s1. The molecule has 1 aliphatic heterocycles. The Kier molecular flexibility index (Phi) is 3.68. The molecule has 3 heterocycles. The highest BCUT2D eigenvalue weighted by molar-refractivity contribution is 6.02. The third-order valence-electron chi connectivity index (χ3n) is 4.05. The highest BCUT2D eigenvalue weighted by atomic mass is 16.6. The van der Waals surface area contributed by atoms with Crippen LogP contribution in [0.4, 0.5) is 5.82 Å².